The number of hydrogen-bond donors (Lipinski definition) is 3. The molecular formula is C10H13ClN4O2. The van der Waals surface area contributed by atoms with E-state index in [1.54, 1.807) is 12.1 Å². The number of benzene rings is 1. The zero-order valence-corrected chi connectivity index (χ0v) is 9.76. The third kappa shape index (κ3) is 5.30. The predicted molar refractivity (Wildman–Crippen MR) is 66.8 cm³/mol. The molecule has 0 aliphatic carbocycles. The SMILES string of the molecule is N/C(=N/N=Cc1ccccc1Cl)NOCCO. The summed E-state index contributed by atoms with van der Waals surface area (Å²) in [7, 11) is 0. The van der Waals surface area contributed by atoms with Crippen molar-refractivity contribution in [3.8, 4) is 0 Å². The van der Waals surface area contributed by atoms with Crippen LogP contribution in [-0.4, -0.2) is 30.5 Å². The highest BCUT2D eigenvalue weighted by molar-refractivity contribution is 6.33. The van der Waals surface area contributed by atoms with E-state index in [4.69, 9.17) is 27.3 Å². The molecule has 0 atom stereocenters. The van der Waals surface area contributed by atoms with Gasteiger partial charge in [-0.1, -0.05) is 29.8 Å². The van der Waals surface area contributed by atoms with Gasteiger partial charge in [-0.15, -0.1) is 5.10 Å². The Hall–Kier alpha value is -1.63. The van der Waals surface area contributed by atoms with Gasteiger partial charge in [0.05, 0.1) is 19.4 Å². The van der Waals surface area contributed by atoms with Gasteiger partial charge in [0.2, 0.25) is 5.96 Å². The number of aliphatic hydroxyl groups is 1. The van der Waals surface area contributed by atoms with Gasteiger partial charge in [-0.05, 0) is 6.07 Å². The fourth-order valence-corrected chi connectivity index (χ4v) is 1.11. The maximum atomic E-state index is 8.44. The molecule has 0 saturated heterocycles. The van der Waals surface area contributed by atoms with Crippen molar-refractivity contribution in [2.45, 2.75) is 0 Å². The highest BCUT2D eigenvalue weighted by Gasteiger charge is 1.93. The maximum absolute atomic E-state index is 8.44. The standard InChI is InChI=1S/C10H13ClN4O2/c11-9-4-2-1-3-8(9)7-13-14-10(12)15-17-6-5-16/h1-4,7,16H,5-6H2,(H3,12,14,15). The summed E-state index contributed by atoms with van der Waals surface area (Å²) in [6.07, 6.45) is 1.48. The molecule has 0 fully saturated rings. The third-order valence-electron chi connectivity index (χ3n) is 1.64. The first-order valence-electron chi connectivity index (χ1n) is 4.83. The van der Waals surface area contributed by atoms with E-state index in [1.807, 2.05) is 12.1 Å². The zero-order valence-electron chi connectivity index (χ0n) is 9.01. The number of nitrogens with one attached hydrogen (secondary N) is 1. The van der Waals surface area contributed by atoms with Crippen LogP contribution in [0.25, 0.3) is 0 Å². The second kappa shape index (κ2) is 7.61. The molecule has 0 radical (unpaired) electrons. The molecule has 0 unspecified atom stereocenters. The summed E-state index contributed by atoms with van der Waals surface area (Å²) in [5.41, 5.74) is 8.45. The first-order chi connectivity index (χ1) is 8.24. The van der Waals surface area contributed by atoms with E-state index < -0.39 is 0 Å². The van der Waals surface area contributed by atoms with Crippen LogP contribution in [0.1, 0.15) is 5.56 Å². The number of guanidine groups is 1. The average Bonchev–Trinajstić information content (AvgIpc) is 2.32. The Kier molecular flexibility index (Phi) is 6.02. The molecule has 1 aromatic rings. The van der Waals surface area contributed by atoms with Crippen LogP contribution in [0.2, 0.25) is 5.02 Å². The number of halogens is 1. The molecule has 0 saturated carbocycles. The van der Waals surface area contributed by atoms with Gasteiger partial charge in [0.25, 0.3) is 0 Å². The summed E-state index contributed by atoms with van der Waals surface area (Å²) < 4.78 is 0. The number of aliphatic hydroxyl groups excluding tert-OH is 1. The molecule has 0 heterocycles. The molecule has 4 N–H and O–H groups in total. The zero-order chi connectivity index (χ0) is 12.5. The molecule has 0 aromatic heterocycles. The lowest BCUT2D eigenvalue weighted by atomic mass is 10.2. The lowest BCUT2D eigenvalue weighted by molar-refractivity contribution is 0.0525. The molecule has 0 aliphatic rings. The number of hydrogen-bond acceptors (Lipinski definition) is 4. The van der Waals surface area contributed by atoms with Crippen LogP contribution in [0, 0.1) is 0 Å². The summed E-state index contributed by atoms with van der Waals surface area (Å²) >= 11 is 5.90. The highest BCUT2D eigenvalue weighted by Crippen LogP contribution is 2.12. The van der Waals surface area contributed by atoms with E-state index in [-0.39, 0.29) is 19.2 Å². The van der Waals surface area contributed by atoms with Gasteiger partial charge in [0.1, 0.15) is 0 Å². The van der Waals surface area contributed by atoms with Gasteiger partial charge in [-0.25, -0.2) is 5.48 Å². The van der Waals surface area contributed by atoms with Crippen LogP contribution in [0.5, 0.6) is 0 Å². The summed E-state index contributed by atoms with van der Waals surface area (Å²) in [5, 5.41) is 16.4. The van der Waals surface area contributed by atoms with Crippen molar-refractivity contribution in [1.29, 1.82) is 0 Å². The lowest BCUT2D eigenvalue weighted by Crippen LogP contribution is -2.32. The number of nitrogens with zero attached hydrogens (tertiary/aromatic N) is 2. The monoisotopic (exact) mass is 256 g/mol. The van der Waals surface area contributed by atoms with Crippen LogP contribution in [0.15, 0.2) is 34.5 Å². The van der Waals surface area contributed by atoms with Crippen molar-refractivity contribution in [1.82, 2.24) is 5.48 Å². The molecule has 92 valence electrons. The summed E-state index contributed by atoms with van der Waals surface area (Å²) in [4.78, 5) is 4.72. The molecular weight excluding hydrogens is 244 g/mol. The van der Waals surface area contributed by atoms with Crippen molar-refractivity contribution in [2.24, 2.45) is 15.9 Å². The third-order valence-corrected chi connectivity index (χ3v) is 1.98. The molecule has 1 aromatic carbocycles. The average molecular weight is 257 g/mol. The number of rotatable bonds is 5. The van der Waals surface area contributed by atoms with Gasteiger partial charge in [-0.3, -0.25) is 4.84 Å². The van der Waals surface area contributed by atoms with Crippen molar-refractivity contribution < 1.29 is 9.94 Å². The summed E-state index contributed by atoms with van der Waals surface area (Å²) in [6.45, 7) is 0.00756. The Morgan fingerprint density at radius 2 is 2.29 bits per heavy atom. The minimum atomic E-state index is -0.108. The minimum absolute atomic E-state index is 0.0123. The Morgan fingerprint density at radius 1 is 1.53 bits per heavy atom. The fraction of sp³-hybridized carbons (Fsp3) is 0.200. The van der Waals surface area contributed by atoms with Gasteiger partial charge in [-0.2, -0.15) is 5.10 Å². The number of nitrogens with two attached hydrogens (primary N) is 1. The Labute approximate surface area is 104 Å². The molecule has 7 heteroatoms. The first-order valence-corrected chi connectivity index (χ1v) is 5.21. The summed E-state index contributed by atoms with van der Waals surface area (Å²) in [6, 6.07) is 7.20. The van der Waals surface area contributed by atoms with Crippen molar-refractivity contribution in [3.63, 3.8) is 0 Å². The molecule has 1 rings (SSSR count). The first kappa shape index (κ1) is 13.4. The Bertz CT molecular complexity index is 409. The van der Waals surface area contributed by atoms with E-state index in [2.05, 4.69) is 15.7 Å². The van der Waals surface area contributed by atoms with Gasteiger partial charge >= 0.3 is 0 Å². The second-order valence-corrected chi connectivity index (χ2v) is 3.33. The highest BCUT2D eigenvalue weighted by atomic mass is 35.5. The van der Waals surface area contributed by atoms with E-state index in [0.717, 1.165) is 5.56 Å². The van der Waals surface area contributed by atoms with Crippen molar-refractivity contribution in [3.05, 3.63) is 34.9 Å². The van der Waals surface area contributed by atoms with Gasteiger partial charge in [0.15, 0.2) is 0 Å². The normalized spacial score (nSPS) is 12.0. The Morgan fingerprint density at radius 3 is 3.00 bits per heavy atom. The van der Waals surface area contributed by atoms with Crippen LogP contribution >= 0.6 is 11.6 Å². The molecule has 0 spiro atoms. The maximum Gasteiger partial charge on any atom is 0.237 e. The van der Waals surface area contributed by atoms with Crippen LogP contribution in [0.3, 0.4) is 0 Å². The van der Waals surface area contributed by atoms with Crippen LogP contribution in [-0.2, 0) is 4.84 Å². The predicted octanol–water partition coefficient (Wildman–Crippen LogP) is 0.502. The summed E-state index contributed by atoms with van der Waals surface area (Å²) in [5.74, 6) is -0.0123. The van der Waals surface area contributed by atoms with Gasteiger partial charge in [0, 0.05) is 10.6 Å². The largest absolute Gasteiger partial charge is 0.394 e. The van der Waals surface area contributed by atoms with Crippen LogP contribution < -0.4 is 11.2 Å². The van der Waals surface area contributed by atoms with E-state index in [0.29, 0.717) is 5.02 Å². The topological polar surface area (TPSA) is 92.2 Å². The quantitative estimate of drug-likeness (QED) is 0.310. The Balaban J connectivity index is 2.49. The fourth-order valence-electron chi connectivity index (χ4n) is 0.924. The number of hydroxylamine groups is 1. The van der Waals surface area contributed by atoms with E-state index in [1.165, 1.54) is 6.21 Å². The van der Waals surface area contributed by atoms with Crippen molar-refractivity contribution >= 4 is 23.8 Å². The second-order valence-electron chi connectivity index (χ2n) is 2.93. The smallest absolute Gasteiger partial charge is 0.237 e. The molecule has 6 nitrogen and oxygen atoms in total. The minimum Gasteiger partial charge on any atom is -0.394 e. The van der Waals surface area contributed by atoms with Gasteiger partial charge < -0.3 is 10.8 Å². The van der Waals surface area contributed by atoms with Crippen molar-refractivity contribution in [2.75, 3.05) is 13.2 Å². The molecule has 0 bridgehead atoms. The molecule has 17 heavy (non-hydrogen) atoms. The van der Waals surface area contributed by atoms with Crippen LogP contribution in [0.4, 0.5) is 0 Å². The lowest BCUT2D eigenvalue weighted by Gasteiger charge is -2.01. The van der Waals surface area contributed by atoms with E-state index >= 15 is 0 Å². The van der Waals surface area contributed by atoms with E-state index in [9.17, 15) is 0 Å². The molecule has 0 aliphatic heterocycles. The molecule has 0 amide bonds.